The van der Waals surface area contributed by atoms with Crippen molar-refractivity contribution in [3.63, 3.8) is 0 Å². The van der Waals surface area contributed by atoms with Crippen LogP contribution in [0, 0.1) is 5.92 Å². The van der Waals surface area contributed by atoms with Crippen LogP contribution in [0.4, 0.5) is 4.79 Å². The number of carbonyl (C=O) groups excluding carboxylic acids is 2. The van der Waals surface area contributed by atoms with Gasteiger partial charge in [-0.1, -0.05) is 37.3 Å². The van der Waals surface area contributed by atoms with Crippen LogP contribution in [0.2, 0.25) is 0 Å². The van der Waals surface area contributed by atoms with Gasteiger partial charge in [0.2, 0.25) is 0 Å². The lowest BCUT2D eigenvalue weighted by Gasteiger charge is -2.22. The van der Waals surface area contributed by atoms with E-state index in [1.807, 2.05) is 37.3 Å². The third-order valence-corrected chi connectivity index (χ3v) is 3.48. The van der Waals surface area contributed by atoms with Gasteiger partial charge in [-0.05, 0) is 12.5 Å². The molecule has 0 aliphatic rings. The normalized spacial score (nSPS) is 13.4. The molecule has 1 rings (SSSR count). The Labute approximate surface area is 137 Å². The number of alkyl carbamates (subject to hydrolysis) is 1. The zero-order chi connectivity index (χ0) is 17.2. The van der Waals surface area contributed by atoms with Crippen LogP contribution in [0.1, 0.15) is 25.8 Å². The smallest absolute Gasteiger partial charge is 0.408 e. The highest BCUT2D eigenvalue weighted by Crippen LogP contribution is 2.13. The minimum Gasteiger partial charge on any atom is -0.445 e. The number of Topliss-reactive ketones (excluding diaryl/α,β-unsaturated/α-hetero) is 1. The Balaban J connectivity index is 2.37. The highest BCUT2D eigenvalue weighted by atomic mass is 16.7. The van der Waals surface area contributed by atoms with Gasteiger partial charge < -0.3 is 19.5 Å². The maximum Gasteiger partial charge on any atom is 0.408 e. The van der Waals surface area contributed by atoms with Gasteiger partial charge >= 0.3 is 6.09 Å². The Bertz CT molecular complexity index is 487. The molecule has 0 radical (unpaired) electrons. The molecular formula is C17H25NO5. The van der Waals surface area contributed by atoms with E-state index in [1.165, 1.54) is 14.2 Å². The van der Waals surface area contributed by atoms with E-state index in [4.69, 9.17) is 14.2 Å². The molecule has 0 spiro atoms. The first-order valence-electron chi connectivity index (χ1n) is 7.53. The molecule has 23 heavy (non-hydrogen) atoms. The summed E-state index contributed by atoms with van der Waals surface area (Å²) in [4.78, 5) is 23.8. The van der Waals surface area contributed by atoms with Crippen molar-refractivity contribution in [3.05, 3.63) is 35.9 Å². The summed E-state index contributed by atoms with van der Waals surface area (Å²) in [6.07, 6.45) is -0.819. The van der Waals surface area contributed by atoms with Gasteiger partial charge in [-0.3, -0.25) is 4.79 Å². The Kier molecular flexibility index (Phi) is 8.29. The Morgan fingerprint density at radius 2 is 1.70 bits per heavy atom. The molecular weight excluding hydrogens is 298 g/mol. The van der Waals surface area contributed by atoms with Crippen molar-refractivity contribution in [3.8, 4) is 0 Å². The third-order valence-electron chi connectivity index (χ3n) is 3.48. The van der Waals surface area contributed by atoms with E-state index in [9.17, 15) is 9.59 Å². The fourth-order valence-electron chi connectivity index (χ4n) is 2.17. The van der Waals surface area contributed by atoms with E-state index in [2.05, 4.69) is 5.32 Å². The average Bonchev–Trinajstić information content (AvgIpc) is 2.55. The molecule has 1 N–H and O–H groups in total. The van der Waals surface area contributed by atoms with E-state index in [-0.39, 0.29) is 24.7 Å². The van der Waals surface area contributed by atoms with Gasteiger partial charge in [-0.15, -0.1) is 0 Å². The van der Waals surface area contributed by atoms with E-state index >= 15 is 0 Å². The molecule has 2 atom stereocenters. The van der Waals surface area contributed by atoms with Gasteiger partial charge in [-0.25, -0.2) is 4.79 Å². The van der Waals surface area contributed by atoms with Crippen LogP contribution in [-0.2, 0) is 25.6 Å². The maximum atomic E-state index is 12.1. The fourth-order valence-corrected chi connectivity index (χ4v) is 2.17. The molecule has 6 heteroatoms. The number of rotatable bonds is 9. The van der Waals surface area contributed by atoms with Crippen LogP contribution in [0.5, 0.6) is 0 Å². The molecule has 6 nitrogen and oxygen atoms in total. The van der Waals surface area contributed by atoms with Crippen molar-refractivity contribution < 1.29 is 23.8 Å². The lowest BCUT2D eigenvalue weighted by molar-refractivity contribution is -0.143. The Morgan fingerprint density at radius 3 is 2.26 bits per heavy atom. The topological polar surface area (TPSA) is 73.9 Å². The number of ether oxygens (including phenoxy) is 3. The molecule has 1 aromatic rings. The standard InChI is InChI=1S/C17H25NO5/c1-12(16(21-3)22-4)10-15(19)13(2)18-17(20)23-11-14-8-6-5-7-9-14/h5-9,12-13,16H,10-11H2,1-4H3,(H,18,20)/t12?,13-/m0/s1. The minimum absolute atomic E-state index is 0.103. The molecule has 0 saturated carbocycles. The van der Waals surface area contributed by atoms with Gasteiger partial charge in [0.1, 0.15) is 6.61 Å². The average molecular weight is 323 g/mol. The van der Waals surface area contributed by atoms with Crippen LogP contribution < -0.4 is 5.32 Å². The summed E-state index contributed by atoms with van der Waals surface area (Å²) in [6, 6.07) is 8.71. The van der Waals surface area contributed by atoms with E-state index in [0.717, 1.165) is 5.56 Å². The Hall–Kier alpha value is -1.92. The number of nitrogens with one attached hydrogen (secondary N) is 1. The molecule has 0 heterocycles. The summed E-state index contributed by atoms with van der Waals surface area (Å²) in [7, 11) is 3.05. The number of methoxy groups -OCH3 is 2. The molecule has 1 amide bonds. The SMILES string of the molecule is COC(OC)C(C)CC(=O)[C@H](C)NC(=O)OCc1ccccc1. The van der Waals surface area contributed by atoms with Crippen LogP contribution in [0.3, 0.4) is 0 Å². The van der Waals surface area contributed by atoms with Crippen LogP contribution in [-0.4, -0.2) is 38.4 Å². The van der Waals surface area contributed by atoms with Gasteiger partial charge in [0, 0.05) is 26.6 Å². The summed E-state index contributed by atoms with van der Waals surface area (Å²) in [5, 5.41) is 2.54. The summed E-state index contributed by atoms with van der Waals surface area (Å²) >= 11 is 0. The molecule has 128 valence electrons. The summed E-state index contributed by atoms with van der Waals surface area (Å²) in [5.74, 6) is -0.213. The second-order valence-corrected chi connectivity index (χ2v) is 5.42. The van der Waals surface area contributed by atoms with Crippen LogP contribution in [0.25, 0.3) is 0 Å². The van der Waals surface area contributed by atoms with E-state index in [1.54, 1.807) is 6.92 Å². The predicted octanol–water partition coefficient (Wildman–Crippen LogP) is 2.52. The van der Waals surface area contributed by atoms with Crippen molar-refractivity contribution in [1.82, 2.24) is 5.32 Å². The number of hydrogen-bond donors (Lipinski definition) is 1. The van der Waals surface area contributed by atoms with Crippen molar-refractivity contribution in [2.75, 3.05) is 14.2 Å². The van der Waals surface area contributed by atoms with Crippen LogP contribution in [0.15, 0.2) is 30.3 Å². The number of benzene rings is 1. The summed E-state index contributed by atoms with van der Waals surface area (Å²) in [6.45, 7) is 3.66. The zero-order valence-electron chi connectivity index (χ0n) is 14.1. The van der Waals surface area contributed by atoms with Gasteiger partial charge in [0.05, 0.1) is 6.04 Å². The molecule has 1 unspecified atom stereocenters. The fraction of sp³-hybridized carbons (Fsp3) is 0.529. The lowest BCUT2D eigenvalue weighted by Crippen LogP contribution is -2.40. The molecule has 1 aromatic carbocycles. The van der Waals surface area contributed by atoms with E-state index < -0.39 is 18.4 Å². The first kappa shape index (κ1) is 19.1. The van der Waals surface area contributed by atoms with E-state index in [0.29, 0.717) is 0 Å². The predicted molar refractivity (Wildman–Crippen MR) is 85.8 cm³/mol. The number of carbonyl (C=O) groups is 2. The van der Waals surface area contributed by atoms with Crippen molar-refractivity contribution >= 4 is 11.9 Å². The summed E-state index contributed by atoms with van der Waals surface area (Å²) in [5.41, 5.74) is 0.887. The van der Waals surface area contributed by atoms with Gasteiger partial charge in [0.25, 0.3) is 0 Å². The molecule has 0 aliphatic heterocycles. The minimum atomic E-state index is -0.630. The monoisotopic (exact) mass is 323 g/mol. The third kappa shape index (κ3) is 6.80. The lowest BCUT2D eigenvalue weighted by atomic mass is 10.0. The molecule has 0 fully saturated rings. The Morgan fingerprint density at radius 1 is 1.09 bits per heavy atom. The molecule has 0 aliphatic carbocycles. The zero-order valence-corrected chi connectivity index (χ0v) is 14.1. The van der Waals surface area contributed by atoms with Crippen molar-refractivity contribution in [2.45, 2.75) is 39.2 Å². The van der Waals surface area contributed by atoms with Crippen molar-refractivity contribution in [1.29, 1.82) is 0 Å². The largest absolute Gasteiger partial charge is 0.445 e. The quantitative estimate of drug-likeness (QED) is 0.707. The van der Waals surface area contributed by atoms with Gasteiger partial charge in [-0.2, -0.15) is 0 Å². The summed E-state index contributed by atoms with van der Waals surface area (Å²) < 4.78 is 15.3. The molecule has 0 bridgehead atoms. The second kappa shape index (κ2) is 9.97. The first-order valence-corrected chi connectivity index (χ1v) is 7.53. The van der Waals surface area contributed by atoms with Crippen molar-refractivity contribution in [2.24, 2.45) is 5.92 Å². The molecule has 0 aromatic heterocycles. The molecule has 0 saturated heterocycles. The maximum absolute atomic E-state index is 12.1. The number of ketones is 1. The number of amides is 1. The number of hydrogen-bond acceptors (Lipinski definition) is 5. The second-order valence-electron chi connectivity index (χ2n) is 5.42. The van der Waals surface area contributed by atoms with Gasteiger partial charge in [0.15, 0.2) is 12.1 Å². The first-order chi connectivity index (χ1) is 11.0. The van der Waals surface area contributed by atoms with Crippen LogP contribution >= 0.6 is 0 Å². The highest BCUT2D eigenvalue weighted by Gasteiger charge is 2.23. The highest BCUT2D eigenvalue weighted by molar-refractivity contribution is 5.87.